The number of nitrogens with two attached hydrogens (primary N) is 1. The number of carbonyl (C=O) groups is 1. The Morgan fingerprint density at radius 3 is 2.59 bits per heavy atom. The minimum Gasteiger partial charge on any atom is -0.370 e. The van der Waals surface area contributed by atoms with E-state index in [1.807, 2.05) is 26.0 Å². The van der Waals surface area contributed by atoms with Gasteiger partial charge in [-0.05, 0) is 37.3 Å². The lowest BCUT2D eigenvalue weighted by Gasteiger charge is -2.25. The van der Waals surface area contributed by atoms with E-state index in [1.54, 1.807) is 4.90 Å². The zero-order valence-corrected chi connectivity index (χ0v) is 14.3. The molecule has 0 radical (unpaired) electrons. The van der Waals surface area contributed by atoms with Gasteiger partial charge in [0.15, 0.2) is 5.96 Å². The molecule has 0 saturated carbocycles. The van der Waals surface area contributed by atoms with Gasteiger partial charge in [-0.1, -0.05) is 39.0 Å². The minimum absolute atomic E-state index is 0.170. The molecule has 0 aliphatic heterocycles. The van der Waals surface area contributed by atoms with Crippen molar-refractivity contribution in [2.24, 2.45) is 16.6 Å². The maximum atomic E-state index is 12.5. The summed E-state index contributed by atoms with van der Waals surface area (Å²) in [5.74, 6) is 0.574. The van der Waals surface area contributed by atoms with Crippen molar-refractivity contribution in [2.45, 2.75) is 41.0 Å². The van der Waals surface area contributed by atoms with E-state index in [4.69, 9.17) is 5.73 Å². The molecule has 5 heteroatoms. The molecule has 122 valence electrons. The van der Waals surface area contributed by atoms with Crippen molar-refractivity contribution in [1.29, 1.82) is 0 Å². The maximum Gasteiger partial charge on any atom is 0.328 e. The van der Waals surface area contributed by atoms with Gasteiger partial charge >= 0.3 is 6.03 Å². The summed E-state index contributed by atoms with van der Waals surface area (Å²) in [6.07, 6.45) is 0.873. The predicted octanol–water partition coefficient (Wildman–Crippen LogP) is 3.06. The molecule has 5 nitrogen and oxygen atoms in total. The second kappa shape index (κ2) is 8.41. The van der Waals surface area contributed by atoms with Crippen LogP contribution in [0, 0.1) is 12.8 Å². The Bertz CT molecular complexity index is 537. The smallest absolute Gasteiger partial charge is 0.328 e. The summed E-state index contributed by atoms with van der Waals surface area (Å²) in [6.45, 7) is 11.3. The van der Waals surface area contributed by atoms with Crippen molar-refractivity contribution in [3.05, 3.63) is 29.3 Å². The lowest BCUT2D eigenvalue weighted by atomic mass is 10.0. The summed E-state index contributed by atoms with van der Waals surface area (Å²) in [7, 11) is 0. The fourth-order valence-corrected chi connectivity index (χ4v) is 2.29. The molecule has 0 bridgehead atoms. The summed E-state index contributed by atoms with van der Waals surface area (Å²) < 4.78 is 0. The standard InChI is InChI=1S/C17H28N4O/c1-6-14-10-8-9-13(5)15(14)21(7-2)17(22)20-16(18)19-11-12(3)4/h8-10,12H,6-7,11H2,1-5H3,(H3,18,19,20,22). The number of benzene rings is 1. The highest BCUT2D eigenvalue weighted by Crippen LogP contribution is 2.25. The van der Waals surface area contributed by atoms with Crippen molar-refractivity contribution in [3.63, 3.8) is 0 Å². The second-order valence-corrected chi connectivity index (χ2v) is 5.73. The molecule has 0 fully saturated rings. The van der Waals surface area contributed by atoms with Gasteiger partial charge in [-0.15, -0.1) is 0 Å². The number of para-hydroxylation sites is 1. The Labute approximate surface area is 133 Å². The van der Waals surface area contributed by atoms with Gasteiger partial charge in [0.25, 0.3) is 0 Å². The molecule has 1 aromatic carbocycles. The fraction of sp³-hybridized carbons (Fsp3) is 0.529. The second-order valence-electron chi connectivity index (χ2n) is 5.73. The summed E-state index contributed by atoms with van der Waals surface area (Å²) in [5.41, 5.74) is 8.98. The van der Waals surface area contributed by atoms with Gasteiger partial charge in [0, 0.05) is 13.1 Å². The van der Waals surface area contributed by atoms with Crippen molar-refractivity contribution in [1.82, 2.24) is 5.32 Å². The third-order valence-electron chi connectivity index (χ3n) is 3.40. The molecule has 0 heterocycles. The van der Waals surface area contributed by atoms with Gasteiger partial charge < -0.3 is 5.73 Å². The quantitative estimate of drug-likeness (QED) is 0.648. The highest BCUT2D eigenvalue weighted by atomic mass is 16.2. The molecule has 0 unspecified atom stereocenters. The third kappa shape index (κ3) is 4.76. The van der Waals surface area contributed by atoms with Crippen LogP contribution < -0.4 is 16.0 Å². The highest BCUT2D eigenvalue weighted by Gasteiger charge is 2.19. The van der Waals surface area contributed by atoms with E-state index < -0.39 is 0 Å². The van der Waals surface area contributed by atoms with E-state index in [1.165, 1.54) is 0 Å². The van der Waals surface area contributed by atoms with E-state index in [-0.39, 0.29) is 12.0 Å². The van der Waals surface area contributed by atoms with Crippen molar-refractivity contribution in [3.8, 4) is 0 Å². The van der Waals surface area contributed by atoms with E-state index in [0.29, 0.717) is 19.0 Å². The molecule has 0 aliphatic carbocycles. The fourth-order valence-electron chi connectivity index (χ4n) is 2.29. The van der Waals surface area contributed by atoms with Crippen LogP contribution in [-0.2, 0) is 6.42 Å². The van der Waals surface area contributed by atoms with Crippen LogP contribution in [-0.4, -0.2) is 25.1 Å². The molecule has 0 saturated heterocycles. The Morgan fingerprint density at radius 2 is 2.05 bits per heavy atom. The summed E-state index contributed by atoms with van der Waals surface area (Å²) in [6, 6.07) is 5.84. The van der Waals surface area contributed by atoms with Gasteiger partial charge in [0.1, 0.15) is 0 Å². The summed E-state index contributed by atoms with van der Waals surface area (Å²) >= 11 is 0. The zero-order valence-electron chi connectivity index (χ0n) is 14.3. The van der Waals surface area contributed by atoms with Crippen LogP contribution in [0.4, 0.5) is 10.5 Å². The van der Waals surface area contributed by atoms with Crippen LogP contribution in [0.2, 0.25) is 0 Å². The van der Waals surface area contributed by atoms with E-state index in [2.05, 4.69) is 37.1 Å². The Kier molecular flexibility index (Phi) is 6.89. The van der Waals surface area contributed by atoms with Gasteiger partial charge in [0.2, 0.25) is 0 Å². The van der Waals surface area contributed by atoms with Crippen LogP contribution in [0.25, 0.3) is 0 Å². The lowest BCUT2D eigenvalue weighted by molar-refractivity contribution is 0.250. The molecule has 2 amide bonds. The third-order valence-corrected chi connectivity index (χ3v) is 3.40. The molecule has 0 atom stereocenters. The van der Waals surface area contributed by atoms with Crippen LogP contribution in [0.1, 0.15) is 38.8 Å². The van der Waals surface area contributed by atoms with Gasteiger partial charge in [-0.3, -0.25) is 15.2 Å². The number of nitrogens with one attached hydrogen (secondary N) is 1. The molecule has 0 aromatic heterocycles. The number of aliphatic imine (C=N–C) groups is 1. The zero-order chi connectivity index (χ0) is 16.7. The molecular weight excluding hydrogens is 276 g/mol. The number of guanidine groups is 1. The number of carbonyl (C=O) groups excluding carboxylic acids is 1. The molecule has 3 N–H and O–H groups in total. The molecular formula is C17H28N4O. The normalized spacial score (nSPS) is 11.6. The van der Waals surface area contributed by atoms with Crippen LogP contribution in [0.15, 0.2) is 23.2 Å². The van der Waals surface area contributed by atoms with E-state index in [0.717, 1.165) is 23.2 Å². The number of aryl methyl sites for hydroxylation is 2. The Morgan fingerprint density at radius 1 is 1.36 bits per heavy atom. The monoisotopic (exact) mass is 304 g/mol. The van der Waals surface area contributed by atoms with E-state index >= 15 is 0 Å². The number of amides is 2. The average molecular weight is 304 g/mol. The first-order valence-electron chi connectivity index (χ1n) is 7.87. The highest BCUT2D eigenvalue weighted by molar-refractivity contribution is 6.04. The van der Waals surface area contributed by atoms with Gasteiger partial charge in [0.05, 0.1) is 5.69 Å². The van der Waals surface area contributed by atoms with Crippen LogP contribution in [0.5, 0.6) is 0 Å². The lowest BCUT2D eigenvalue weighted by Crippen LogP contribution is -2.46. The molecule has 0 spiro atoms. The molecule has 0 aliphatic rings. The number of rotatable bonds is 5. The predicted molar refractivity (Wildman–Crippen MR) is 93.4 cm³/mol. The number of hydrogen-bond donors (Lipinski definition) is 2. The topological polar surface area (TPSA) is 70.7 Å². The van der Waals surface area contributed by atoms with E-state index in [9.17, 15) is 4.79 Å². The first-order valence-corrected chi connectivity index (χ1v) is 7.87. The summed E-state index contributed by atoms with van der Waals surface area (Å²) in [5, 5.41) is 2.68. The largest absolute Gasteiger partial charge is 0.370 e. The van der Waals surface area contributed by atoms with Crippen molar-refractivity contribution < 1.29 is 4.79 Å². The van der Waals surface area contributed by atoms with Gasteiger partial charge in [-0.2, -0.15) is 0 Å². The Balaban J connectivity index is 2.97. The number of nitrogens with zero attached hydrogens (tertiary/aromatic N) is 2. The average Bonchev–Trinajstić information content (AvgIpc) is 2.47. The molecule has 1 rings (SSSR count). The Hall–Kier alpha value is -2.04. The molecule has 22 heavy (non-hydrogen) atoms. The van der Waals surface area contributed by atoms with Crippen LogP contribution >= 0.6 is 0 Å². The number of urea groups is 1. The minimum atomic E-state index is -0.239. The SMILES string of the molecule is CCc1cccc(C)c1N(CC)C(=O)NC(N)=NCC(C)C. The van der Waals surface area contributed by atoms with Crippen molar-refractivity contribution in [2.75, 3.05) is 18.0 Å². The number of hydrogen-bond acceptors (Lipinski definition) is 2. The first-order chi connectivity index (χ1) is 10.4. The van der Waals surface area contributed by atoms with Crippen molar-refractivity contribution >= 4 is 17.7 Å². The first kappa shape index (κ1) is 18.0. The van der Waals surface area contributed by atoms with Crippen LogP contribution in [0.3, 0.4) is 0 Å². The molecule has 1 aromatic rings. The summed E-state index contributed by atoms with van der Waals surface area (Å²) in [4.78, 5) is 18.4. The number of anilines is 1. The van der Waals surface area contributed by atoms with Gasteiger partial charge in [-0.25, -0.2) is 4.79 Å². The maximum absolute atomic E-state index is 12.5.